The Balaban J connectivity index is 0.00000784. The molecule has 0 aliphatic rings. The van der Waals surface area contributed by atoms with Crippen molar-refractivity contribution in [2.24, 2.45) is 4.99 Å². The summed E-state index contributed by atoms with van der Waals surface area (Å²) in [6, 6.07) is 8.17. The van der Waals surface area contributed by atoms with Crippen LogP contribution in [0.4, 0.5) is 0 Å². The zero-order valence-electron chi connectivity index (χ0n) is 18.3. The molecule has 7 nitrogen and oxygen atoms in total. The van der Waals surface area contributed by atoms with E-state index >= 15 is 0 Å². The van der Waals surface area contributed by atoms with Crippen molar-refractivity contribution >= 4 is 40.0 Å². The molecule has 0 saturated carbocycles. The summed E-state index contributed by atoms with van der Waals surface area (Å²) in [5.41, 5.74) is 1.28. The van der Waals surface area contributed by atoms with Crippen molar-refractivity contribution in [1.29, 1.82) is 0 Å². The Hall–Kier alpha value is -1.07. The van der Waals surface area contributed by atoms with Crippen LogP contribution in [0.25, 0.3) is 0 Å². The first-order valence-corrected chi connectivity index (χ1v) is 11.5. The molecule has 0 aliphatic carbocycles. The molecule has 0 amide bonds. The monoisotopic (exact) mass is 540 g/mol. The minimum Gasteiger partial charge on any atom is -0.497 e. The highest BCUT2D eigenvalue weighted by Gasteiger charge is 2.13. The first-order chi connectivity index (χ1) is 13.3. The van der Waals surface area contributed by atoms with Crippen LogP contribution in [0.15, 0.2) is 29.3 Å². The van der Waals surface area contributed by atoms with Gasteiger partial charge in [-0.05, 0) is 50.3 Å². The number of nitrogens with zero attached hydrogens (tertiary/aromatic N) is 2. The number of guanidine groups is 1. The largest absolute Gasteiger partial charge is 0.497 e. The smallest absolute Gasteiger partial charge is 0.213 e. The summed E-state index contributed by atoms with van der Waals surface area (Å²) >= 11 is 0. The van der Waals surface area contributed by atoms with Gasteiger partial charge in [0.2, 0.25) is 10.0 Å². The third-order valence-electron chi connectivity index (χ3n) is 4.64. The minimum absolute atomic E-state index is 0. The fourth-order valence-corrected chi connectivity index (χ4v) is 3.54. The molecule has 0 saturated heterocycles. The predicted octanol–water partition coefficient (Wildman–Crippen LogP) is 3.03. The van der Waals surface area contributed by atoms with E-state index in [1.54, 1.807) is 21.1 Å². The van der Waals surface area contributed by atoms with Gasteiger partial charge in [0.25, 0.3) is 0 Å². The normalized spacial score (nSPS) is 13.0. The Bertz CT molecular complexity index is 696. The van der Waals surface area contributed by atoms with Crippen molar-refractivity contribution < 1.29 is 13.2 Å². The zero-order chi connectivity index (χ0) is 21.0. The third-order valence-corrected chi connectivity index (χ3v) is 6.50. The molecule has 0 aromatic heterocycles. The number of hydrogen-bond acceptors (Lipinski definition) is 4. The molecule has 0 spiro atoms. The summed E-state index contributed by atoms with van der Waals surface area (Å²) in [7, 11) is 0.171. The van der Waals surface area contributed by atoms with E-state index in [4.69, 9.17) is 4.74 Å². The van der Waals surface area contributed by atoms with Crippen molar-refractivity contribution in [3.05, 3.63) is 29.8 Å². The Morgan fingerprint density at radius 1 is 1.21 bits per heavy atom. The van der Waals surface area contributed by atoms with Gasteiger partial charge in [0, 0.05) is 33.2 Å². The molecule has 0 bridgehead atoms. The third kappa shape index (κ3) is 10.5. The van der Waals surface area contributed by atoms with Crippen molar-refractivity contribution in [3.63, 3.8) is 0 Å². The first-order valence-electron chi connectivity index (χ1n) is 9.94. The lowest BCUT2D eigenvalue weighted by Crippen LogP contribution is -2.38. The van der Waals surface area contributed by atoms with Gasteiger partial charge in [-0.25, -0.2) is 12.7 Å². The molecule has 0 aliphatic heterocycles. The zero-order valence-corrected chi connectivity index (χ0v) is 21.4. The molecule has 0 heterocycles. The van der Waals surface area contributed by atoms with Gasteiger partial charge in [0.1, 0.15) is 5.75 Å². The number of benzene rings is 1. The average Bonchev–Trinajstić information content (AvgIpc) is 2.70. The second-order valence-corrected chi connectivity index (χ2v) is 9.09. The molecular formula is C20H37IN4O3S. The van der Waals surface area contributed by atoms with Crippen LogP contribution in [0.2, 0.25) is 0 Å². The second-order valence-electron chi connectivity index (χ2n) is 6.73. The van der Waals surface area contributed by atoms with Crippen LogP contribution in [0, 0.1) is 0 Å². The molecule has 29 heavy (non-hydrogen) atoms. The van der Waals surface area contributed by atoms with E-state index in [2.05, 4.69) is 34.7 Å². The maximum Gasteiger partial charge on any atom is 0.213 e. The summed E-state index contributed by atoms with van der Waals surface area (Å²) in [5, 5.41) is 6.59. The number of nitrogens with one attached hydrogen (secondary N) is 2. The Morgan fingerprint density at radius 3 is 2.41 bits per heavy atom. The van der Waals surface area contributed by atoms with E-state index in [0.29, 0.717) is 25.4 Å². The van der Waals surface area contributed by atoms with Gasteiger partial charge in [-0.1, -0.05) is 19.1 Å². The highest BCUT2D eigenvalue weighted by Crippen LogP contribution is 2.21. The van der Waals surface area contributed by atoms with Gasteiger partial charge in [0.15, 0.2) is 5.96 Å². The first kappa shape index (κ1) is 27.9. The van der Waals surface area contributed by atoms with Crippen LogP contribution >= 0.6 is 24.0 Å². The van der Waals surface area contributed by atoms with E-state index in [1.165, 1.54) is 9.87 Å². The molecule has 168 valence electrons. The number of ether oxygens (including phenoxy) is 1. The summed E-state index contributed by atoms with van der Waals surface area (Å²) in [4.78, 5) is 4.54. The highest BCUT2D eigenvalue weighted by molar-refractivity contribution is 14.0. The highest BCUT2D eigenvalue weighted by atomic mass is 127. The van der Waals surface area contributed by atoms with E-state index in [1.807, 2.05) is 19.1 Å². The lowest BCUT2D eigenvalue weighted by Gasteiger charge is -2.16. The van der Waals surface area contributed by atoms with Crippen molar-refractivity contribution in [1.82, 2.24) is 14.9 Å². The van der Waals surface area contributed by atoms with Crippen molar-refractivity contribution in [3.8, 4) is 5.75 Å². The topological polar surface area (TPSA) is 83.0 Å². The molecule has 9 heteroatoms. The number of hydrogen-bond donors (Lipinski definition) is 2. The van der Waals surface area contributed by atoms with Gasteiger partial charge in [0.05, 0.1) is 12.9 Å². The summed E-state index contributed by atoms with van der Waals surface area (Å²) in [6.07, 6.45) is 1.67. The standard InChI is InChI=1S/C20H36N4O3S.HI/c1-6-21-20(22-14-8-16-24(4)28(25,26)7-2)23-15-13-17(3)18-9-11-19(27-5)12-10-18;/h9-12,17H,6-8,13-16H2,1-5H3,(H2,21,22,23);1H. The van der Waals surface area contributed by atoms with Gasteiger partial charge >= 0.3 is 0 Å². The molecule has 1 rings (SSSR count). The predicted molar refractivity (Wildman–Crippen MR) is 132 cm³/mol. The van der Waals surface area contributed by atoms with E-state index in [9.17, 15) is 8.42 Å². The Kier molecular flexibility index (Phi) is 14.3. The maximum atomic E-state index is 11.7. The van der Waals surface area contributed by atoms with Gasteiger partial charge in [-0.2, -0.15) is 0 Å². The maximum absolute atomic E-state index is 11.7. The van der Waals surface area contributed by atoms with Crippen LogP contribution in [0.3, 0.4) is 0 Å². The minimum atomic E-state index is -3.12. The average molecular weight is 541 g/mol. The van der Waals surface area contributed by atoms with Crippen LogP contribution < -0.4 is 15.4 Å². The molecule has 0 fully saturated rings. The second kappa shape index (κ2) is 14.8. The fourth-order valence-electron chi connectivity index (χ4n) is 2.69. The number of rotatable bonds is 12. The van der Waals surface area contributed by atoms with E-state index in [0.717, 1.165) is 31.2 Å². The number of halogens is 1. The molecule has 1 unspecified atom stereocenters. The summed E-state index contributed by atoms with van der Waals surface area (Å²) < 4.78 is 30.1. The molecule has 1 aromatic carbocycles. The van der Waals surface area contributed by atoms with Gasteiger partial charge in [-0.3, -0.25) is 4.99 Å². The lowest BCUT2D eigenvalue weighted by molar-refractivity contribution is 0.414. The summed E-state index contributed by atoms with van der Waals surface area (Å²) in [6.45, 7) is 8.54. The quantitative estimate of drug-likeness (QED) is 0.184. The molecule has 1 atom stereocenters. The molecule has 1 aromatic rings. The van der Waals surface area contributed by atoms with E-state index < -0.39 is 10.0 Å². The van der Waals surface area contributed by atoms with Gasteiger partial charge in [-0.15, -0.1) is 24.0 Å². The van der Waals surface area contributed by atoms with Crippen molar-refractivity contribution in [2.75, 3.05) is 46.1 Å². The fraction of sp³-hybridized carbons (Fsp3) is 0.650. The number of sulfonamides is 1. The Morgan fingerprint density at radius 2 is 1.86 bits per heavy atom. The number of methoxy groups -OCH3 is 1. The van der Waals surface area contributed by atoms with Crippen LogP contribution in [-0.4, -0.2) is 64.8 Å². The van der Waals surface area contributed by atoms with Crippen molar-refractivity contribution in [2.45, 2.75) is 39.5 Å². The molecular weight excluding hydrogens is 503 g/mol. The lowest BCUT2D eigenvalue weighted by atomic mass is 9.98. The van der Waals surface area contributed by atoms with Crippen LogP contribution in [0.1, 0.15) is 45.1 Å². The molecule has 0 radical (unpaired) electrons. The number of aliphatic imine (C=N–C) groups is 1. The summed E-state index contributed by atoms with van der Waals surface area (Å²) in [5.74, 6) is 2.19. The molecule has 2 N–H and O–H groups in total. The van der Waals surface area contributed by atoms with E-state index in [-0.39, 0.29) is 29.7 Å². The van der Waals surface area contributed by atoms with Crippen LogP contribution in [-0.2, 0) is 10.0 Å². The van der Waals surface area contributed by atoms with Gasteiger partial charge < -0.3 is 15.4 Å². The van der Waals surface area contributed by atoms with Crippen LogP contribution in [0.5, 0.6) is 5.75 Å². The Labute approximate surface area is 193 Å². The SMILES string of the molecule is CCNC(=NCCCN(C)S(=O)(=O)CC)NCCC(C)c1ccc(OC)cc1.I.